The Kier molecular flexibility index (Phi) is 4.95. The predicted octanol–water partition coefficient (Wildman–Crippen LogP) is 2.62. The van der Waals surface area contributed by atoms with Crippen LogP contribution >= 0.6 is 11.6 Å². The van der Waals surface area contributed by atoms with Gasteiger partial charge in [0.25, 0.3) is 6.01 Å². The lowest BCUT2D eigenvalue weighted by atomic mass is 10.1. The first-order chi connectivity index (χ1) is 15.2. The van der Waals surface area contributed by atoms with E-state index in [2.05, 4.69) is 44.5 Å². The summed E-state index contributed by atoms with van der Waals surface area (Å²) in [6.45, 7) is 4.86. The van der Waals surface area contributed by atoms with E-state index < -0.39 is 0 Å². The molecule has 3 saturated heterocycles. The average molecular weight is 442 g/mol. The lowest BCUT2D eigenvalue weighted by Crippen LogP contribution is -2.36. The number of nitrogens with one attached hydrogen (secondary N) is 2. The number of anilines is 1. The molecule has 6 rings (SSSR count). The van der Waals surface area contributed by atoms with Gasteiger partial charge in [0.05, 0.1) is 29.4 Å². The van der Waals surface area contributed by atoms with Crippen molar-refractivity contribution in [1.29, 1.82) is 0 Å². The molecule has 8 nitrogen and oxygen atoms in total. The summed E-state index contributed by atoms with van der Waals surface area (Å²) in [7, 11) is 0. The van der Waals surface area contributed by atoms with E-state index in [-0.39, 0.29) is 12.2 Å². The summed E-state index contributed by atoms with van der Waals surface area (Å²) in [6, 6.07) is 11.0. The smallest absolute Gasteiger partial charge is 0.296 e. The number of imidazole rings is 1. The van der Waals surface area contributed by atoms with Crippen LogP contribution in [-0.4, -0.2) is 72.7 Å². The molecule has 0 unspecified atom stereocenters. The van der Waals surface area contributed by atoms with E-state index in [0.29, 0.717) is 28.4 Å². The van der Waals surface area contributed by atoms with Gasteiger partial charge in [0.1, 0.15) is 12.2 Å². The molecule has 0 aliphatic carbocycles. The van der Waals surface area contributed by atoms with Gasteiger partial charge in [-0.25, -0.2) is 4.98 Å². The van der Waals surface area contributed by atoms with Crippen LogP contribution in [0.5, 0.6) is 6.01 Å². The average Bonchev–Trinajstić information content (AvgIpc) is 3.51. The number of hydrogen-bond acceptors (Lipinski definition) is 7. The van der Waals surface area contributed by atoms with E-state index in [1.165, 1.54) is 5.69 Å². The molecule has 3 aliphatic rings. The van der Waals surface area contributed by atoms with Gasteiger partial charge in [-0.15, -0.1) is 0 Å². The van der Waals surface area contributed by atoms with E-state index in [0.717, 1.165) is 57.0 Å². The molecule has 0 radical (unpaired) electrons. The van der Waals surface area contributed by atoms with Crippen LogP contribution in [0.15, 0.2) is 30.3 Å². The van der Waals surface area contributed by atoms with Crippen LogP contribution in [0.2, 0.25) is 5.02 Å². The molecule has 2 N–H and O–H groups in total. The van der Waals surface area contributed by atoms with E-state index in [1.54, 1.807) is 0 Å². The molecule has 5 heterocycles. The van der Waals surface area contributed by atoms with Gasteiger partial charge in [0, 0.05) is 43.5 Å². The summed E-state index contributed by atoms with van der Waals surface area (Å²) in [5, 5.41) is 4.02. The fraction of sp³-hybridized carbons (Fsp3) is 0.455. The third-order valence-corrected chi connectivity index (χ3v) is 6.56. The molecule has 31 heavy (non-hydrogen) atoms. The van der Waals surface area contributed by atoms with E-state index in [4.69, 9.17) is 30.8 Å². The molecule has 3 aromatic rings. The second-order valence-electron chi connectivity index (χ2n) is 8.17. The number of halogens is 1. The number of hydrogen-bond donors (Lipinski definition) is 2. The predicted molar refractivity (Wildman–Crippen MR) is 118 cm³/mol. The normalized spacial score (nSPS) is 25.8. The maximum atomic E-state index is 6.57. The second-order valence-corrected chi connectivity index (χ2v) is 8.58. The summed E-state index contributed by atoms with van der Waals surface area (Å²) < 4.78 is 17.3. The Hall–Kier alpha value is -2.39. The van der Waals surface area contributed by atoms with E-state index in [9.17, 15) is 0 Å². The third kappa shape index (κ3) is 3.63. The second kappa shape index (κ2) is 7.94. The summed E-state index contributed by atoms with van der Waals surface area (Å²) in [5.74, 6) is 0. The number of fused-ring (bicyclic) bond motifs is 2. The van der Waals surface area contributed by atoms with Crippen LogP contribution < -0.4 is 15.0 Å². The van der Waals surface area contributed by atoms with Crippen LogP contribution in [0.3, 0.4) is 0 Å². The van der Waals surface area contributed by atoms with Crippen molar-refractivity contribution in [3.05, 3.63) is 35.4 Å². The highest BCUT2D eigenvalue weighted by molar-refractivity contribution is 6.33. The van der Waals surface area contributed by atoms with Gasteiger partial charge < -0.3 is 29.4 Å². The standard InChI is InChI=1S/C22H24ClN5O3/c23-15-11-17-21(27-22(25-17)31-18-12-24-16-5-8-30-20(16)18)26-19(15)13-1-3-14(4-2-13)28-6-9-29-10-7-28/h1-4,11,16,18,20,24H,5-10,12H2,(H,25,26,27)/t16-,18-,20+/m1/s1. The minimum Gasteiger partial charge on any atom is -0.457 e. The number of morpholine rings is 1. The quantitative estimate of drug-likeness (QED) is 0.643. The summed E-state index contributed by atoms with van der Waals surface area (Å²) >= 11 is 6.57. The maximum absolute atomic E-state index is 6.57. The first-order valence-electron chi connectivity index (χ1n) is 10.8. The zero-order chi connectivity index (χ0) is 20.8. The van der Waals surface area contributed by atoms with Gasteiger partial charge in [-0.2, -0.15) is 4.98 Å². The first-order valence-corrected chi connectivity index (χ1v) is 11.1. The lowest BCUT2D eigenvalue weighted by Gasteiger charge is -2.28. The molecule has 162 valence electrons. The highest BCUT2D eigenvalue weighted by Crippen LogP contribution is 2.32. The van der Waals surface area contributed by atoms with Crippen molar-refractivity contribution in [2.75, 3.05) is 44.4 Å². The minimum absolute atomic E-state index is 0.0595. The van der Waals surface area contributed by atoms with Crippen molar-refractivity contribution in [1.82, 2.24) is 20.3 Å². The molecule has 0 spiro atoms. The van der Waals surface area contributed by atoms with Gasteiger partial charge in [0.15, 0.2) is 5.65 Å². The number of rotatable bonds is 4. The number of ether oxygens (including phenoxy) is 3. The zero-order valence-corrected chi connectivity index (χ0v) is 17.8. The van der Waals surface area contributed by atoms with Crippen molar-refractivity contribution in [3.63, 3.8) is 0 Å². The Morgan fingerprint density at radius 3 is 2.77 bits per heavy atom. The van der Waals surface area contributed by atoms with Crippen molar-refractivity contribution >= 4 is 28.5 Å². The minimum atomic E-state index is -0.0595. The van der Waals surface area contributed by atoms with E-state index in [1.807, 2.05) is 6.07 Å². The number of H-pyrrole nitrogens is 1. The molecule has 0 bridgehead atoms. The number of benzene rings is 1. The fourth-order valence-corrected chi connectivity index (χ4v) is 4.90. The fourth-order valence-electron chi connectivity index (χ4n) is 4.64. The van der Waals surface area contributed by atoms with Crippen LogP contribution in [0.25, 0.3) is 22.4 Å². The third-order valence-electron chi connectivity index (χ3n) is 6.27. The number of pyridine rings is 1. The Bertz CT molecular complexity index is 1080. The van der Waals surface area contributed by atoms with Gasteiger partial charge in [-0.1, -0.05) is 23.7 Å². The van der Waals surface area contributed by atoms with Crippen molar-refractivity contribution in [2.24, 2.45) is 0 Å². The molecule has 2 aromatic heterocycles. The van der Waals surface area contributed by atoms with Gasteiger partial charge in [-0.05, 0) is 24.6 Å². The molecule has 3 aliphatic heterocycles. The van der Waals surface area contributed by atoms with Gasteiger partial charge in [0.2, 0.25) is 0 Å². The molecular weight excluding hydrogens is 418 g/mol. The largest absolute Gasteiger partial charge is 0.457 e. The van der Waals surface area contributed by atoms with Gasteiger partial charge >= 0.3 is 0 Å². The molecular formula is C22H24ClN5O3. The highest BCUT2D eigenvalue weighted by Gasteiger charge is 2.42. The van der Waals surface area contributed by atoms with Crippen LogP contribution in [0.1, 0.15) is 6.42 Å². The molecule has 0 amide bonds. The molecule has 3 atom stereocenters. The monoisotopic (exact) mass is 441 g/mol. The maximum Gasteiger partial charge on any atom is 0.296 e. The summed E-state index contributed by atoms with van der Waals surface area (Å²) in [6.07, 6.45) is 1.04. The molecule has 3 fully saturated rings. The van der Waals surface area contributed by atoms with Crippen molar-refractivity contribution in [2.45, 2.75) is 24.7 Å². The van der Waals surface area contributed by atoms with Crippen LogP contribution in [0, 0.1) is 0 Å². The molecule has 1 aromatic carbocycles. The zero-order valence-electron chi connectivity index (χ0n) is 17.0. The van der Waals surface area contributed by atoms with Crippen LogP contribution in [-0.2, 0) is 9.47 Å². The Morgan fingerprint density at radius 2 is 1.94 bits per heavy atom. The van der Waals surface area contributed by atoms with Crippen LogP contribution in [0.4, 0.5) is 5.69 Å². The number of aromatic nitrogens is 3. The number of nitrogens with zero attached hydrogens (tertiary/aromatic N) is 3. The topological polar surface area (TPSA) is 84.5 Å². The Labute approximate surface area is 184 Å². The Balaban J connectivity index is 1.24. The summed E-state index contributed by atoms with van der Waals surface area (Å²) in [4.78, 5) is 14.8. The van der Waals surface area contributed by atoms with E-state index >= 15 is 0 Å². The SMILES string of the molecule is Clc1cc2[nH]c(O[C@@H]3CN[C@@H]4CCO[C@@H]43)nc2nc1-c1ccc(N2CCOCC2)cc1. The van der Waals surface area contributed by atoms with Crippen molar-refractivity contribution < 1.29 is 14.2 Å². The molecule has 9 heteroatoms. The first kappa shape index (κ1) is 19.3. The van der Waals surface area contributed by atoms with Gasteiger partial charge in [-0.3, -0.25) is 0 Å². The molecule has 0 saturated carbocycles. The lowest BCUT2D eigenvalue weighted by molar-refractivity contribution is 0.0275. The number of aromatic amines is 1. The highest BCUT2D eigenvalue weighted by atomic mass is 35.5. The van der Waals surface area contributed by atoms with Crippen molar-refractivity contribution in [3.8, 4) is 17.3 Å². The summed E-state index contributed by atoms with van der Waals surface area (Å²) in [5.41, 5.74) is 4.18. The Morgan fingerprint density at radius 1 is 1.10 bits per heavy atom.